The van der Waals surface area contributed by atoms with E-state index in [1.807, 2.05) is 0 Å². The van der Waals surface area contributed by atoms with Gasteiger partial charge in [-0.25, -0.2) is 0 Å². The molecule has 1 fully saturated rings. The molecule has 14 heavy (non-hydrogen) atoms. The molecule has 1 heterocycles. The van der Waals surface area contributed by atoms with Crippen molar-refractivity contribution in [2.45, 2.75) is 6.42 Å². The standard InChI is InChI=1S/C4H9NO.C3H4O4.K/c1-3-6-4-2-5-1;4-2(5)1-3(6)7;/h5H,1-4H2;1H2,(H,4,5)(H,6,7);/q;;+1/p-1. The van der Waals surface area contributed by atoms with Crippen molar-refractivity contribution in [1.82, 2.24) is 5.32 Å². The van der Waals surface area contributed by atoms with E-state index in [9.17, 15) is 14.7 Å². The molecule has 0 aliphatic carbocycles. The largest absolute Gasteiger partial charge is 1.00 e. The molecule has 0 unspecified atom stereocenters. The Morgan fingerprint density at radius 3 is 1.93 bits per heavy atom. The molecule has 1 saturated heterocycles. The molecular weight excluding hydrogens is 217 g/mol. The first-order valence-electron chi connectivity index (χ1n) is 3.83. The molecule has 0 radical (unpaired) electrons. The molecule has 0 aromatic rings. The smallest absolute Gasteiger partial charge is 0.550 e. The van der Waals surface area contributed by atoms with E-state index in [2.05, 4.69) is 5.32 Å². The molecule has 1 aliphatic heterocycles. The molecule has 76 valence electrons. The third-order valence-electron chi connectivity index (χ3n) is 1.14. The Morgan fingerprint density at radius 1 is 1.36 bits per heavy atom. The number of morpholine rings is 1. The van der Waals surface area contributed by atoms with Gasteiger partial charge in [0.05, 0.1) is 25.6 Å². The zero-order chi connectivity index (χ0) is 10.1. The van der Waals surface area contributed by atoms with Crippen molar-refractivity contribution < 1.29 is 75.9 Å². The quantitative estimate of drug-likeness (QED) is 0.363. The molecule has 6 nitrogen and oxygen atoms in total. The number of aliphatic carboxylic acids is 2. The van der Waals surface area contributed by atoms with Gasteiger partial charge in [-0.15, -0.1) is 0 Å². The number of ether oxygens (including phenoxy) is 1. The minimum Gasteiger partial charge on any atom is -0.550 e. The van der Waals surface area contributed by atoms with Gasteiger partial charge in [-0.05, 0) is 0 Å². The van der Waals surface area contributed by atoms with E-state index in [-0.39, 0.29) is 51.4 Å². The summed E-state index contributed by atoms with van der Waals surface area (Å²) in [6, 6.07) is 0. The van der Waals surface area contributed by atoms with Crippen LogP contribution in [0.3, 0.4) is 0 Å². The van der Waals surface area contributed by atoms with Gasteiger partial charge in [0.2, 0.25) is 0 Å². The molecule has 0 aromatic carbocycles. The molecule has 0 atom stereocenters. The zero-order valence-corrected chi connectivity index (χ0v) is 11.2. The maximum Gasteiger partial charge on any atom is 1.00 e. The third kappa shape index (κ3) is 15.0. The predicted octanol–water partition coefficient (Wildman–Crippen LogP) is -5.18. The van der Waals surface area contributed by atoms with Crippen molar-refractivity contribution in [2.75, 3.05) is 26.3 Å². The topological polar surface area (TPSA) is 98.7 Å². The number of nitrogens with one attached hydrogen (secondary N) is 1. The average molecular weight is 229 g/mol. The first-order chi connectivity index (χ1) is 6.13. The third-order valence-corrected chi connectivity index (χ3v) is 1.14. The minimum atomic E-state index is -1.56. The number of carboxylic acid groups (broad SMARTS) is 2. The monoisotopic (exact) mass is 229 g/mol. The van der Waals surface area contributed by atoms with Gasteiger partial charge in [0.1, 0.15) is 0 Å². The maximum atomic E-state index is 9.39. The molecule has 0 bridgehead atoms. The Labute approximate surface area is 124 Å². The van der Waals surface area contributed by atoms with Crippen LogP contribution in [0.1, 0.15) is 6.42 Å². The summed E-state index contributed by atoms with van der Waals surface area (Å²) in [5.41, 5.74) is 0. The van der Waals surface area contributed by atoms with E-state index in [1.165, 1.54) is 0 Å². The van der Waals surface area contributed by atoms with Crippen LogP contribution in [0, 0.1) is 0 Å². The van der Waals surface area contributed by atoms with E-state index in [0.29, 0.717) is 0 Å². The van der Waals surface area contributed by atoms with Crippen molar-refractivity contribution in [2.24, 2.45) is 0 Å². The second-order valence-electron chi connectivity index (χ2n) is 2.30. The first kappa shape index (κ1) is 16.9. The SMILES string of the molecule is C1COCCN1.O=C([O-])CC(=O)O.[K+]. The molecule has 1 rings (SSSR count). The van der Waals surface area contributed by atoms with E-state index >= 15 is 0 Å². The van der Waals surface area contributed by atoms with Gasteiger partial charge in [0, 0.05) is 13.1 Å². The minimum absolute atomic E-state index is 0. The number of hydrogen-bond donors (Lipinski definition) is 2. The van der Waals surface area contributed by atoms with Crippen LogP contribution in [0.2, 0.25) is 0 Å². The normalized spacial score (nSPS) is 14.3. The van der Waals surface area contributed by atoms with Crippen molar-refractivity contribution >= 4 is 11.9 Å². The summed E-state index contributed by atoms with van der Waals surface area (Å²) < 4.78 is 5.01. The molecule has 1 aliphatic rings. The zero-order valence-electron chi connectivity index (χ0n) is 8.12. The van der Waals surface area contributed by atoms with Crippen LogP contribution in [0.5, 0.6) is 0 Å². The van der Waals surface area contributed by atoms with Gasteiger partial charge in [-0.1, -0.05) is 0 Å². The summed E-state index contributed by atoms with van der Waals surface area (Å²) in [6.07, 6.45) is -0.917. The summed E-state index contributed by atoms with van der Waals surface area (Å²) in [5, 5.41) is 20.1. The first-order valence-corrected chi connectivity index (χ1v) is 3.83. The van der Waals surface area contributed by atoms with Crippen molar-refractivity contribution in [3.05, 3.63) is 0 Å². The molecule has 2 N–H and O–H groups in total. The molecule has 0 aromatic heterocycles. The average Bonchev–Trinajstić information content (AvgIpc) is 2.06. The van der Waals surface area contributed by atoms with Gasteiger partial charge < -0.3 is 25.1 Å². The van der Waals surface area contributed by atoms with Crippen LogP contribution < -0.4 is 61.8 Å². The number of carbonyl (C=O) groups excluding carboxylic acids is 1. The van der Waals surface area contributed by atoms with E-state index in [1.54, 1.807) is 0 Å². The second kappa shape index (κ2) is 11.6. The molecular formula is C7H12KNO5. The number of carbonyl (C=O) groups is 2. The van der Waals surface area contributed by atoms with Crippen LogP contribution in [0.4, 0.5) is 0 Å². The molecule has 0 spiro atoms. The Bertz CT molecular complexity index is 148. The molecule has 0 saturated carbocycles. The number of carboxylic acids is 2. The van der Waals surface area contributed by atoms with Gasteiger partial charge in [-0.3, -0.25) is 4.79 Å². The Morgan fingerprint density at radius 2 is 1.86 bits per heavy atom. The Hall–Kier alpha value is 0.496. The van der Waals surface area contributed by atoms with Gasteiger partial charge in [0.25, 0.3) is 0 Å². The van der Waals surface area contributed by atoms with Crippen LogP contribution in [0.15, 0.2) is 0 Å². The predicted molar refractivity (Wildman–Crippen MR) is 40.9 cm³/mol. The van der Waals surface area contributed by atoms with E-state index < -0.39 is 18.4 Å². The fourth-order valence-electron chi connectivity index (χ4n) is 0.639. The fraction of sp³-hybridized carbons (Fsp3) is 0.714. The summed E-state index contributed by atoms with van der Waals surface area (Å²) in [5.74, 6) is -2.94. The van der Waals surface area contributed by atoms with Gasteiger partial charge in [-0.2, -0.15) is 0 Å². The van der Waals surface area contributed by atoms with Crippen molar-refractivity contribution in [1.29, 1.82) is 0 Å². The Kier molecular flexibility index (Phi) is 14.0. The van der Waals surface area contributed by atoms with Crippen LogP contribution >= 0.6 is 0 Å². The van der Waals surface area contributed by atoms with Crippen molar-refractivity contribution in [3.8, 4) is 0 Å². The number of hydrogen-bond acceptors (Lipinski definition) is 5. The summed E-state index contributed by atoms with van der Waals surface area (Å²) in [7, 11) is 0. The van der Waals surface area contributed by atoms with Crippen LogP contribution in [-0.4, -0.2) is 43.3 Å². The molecule has 7 heteroatoms. The van der Waals surface area contributed by atoms with Crippen LogP contribution in [0.25, 0.3) is 0 Å². The summed E-state index contributed by atoms with van der Waals surface area (Å²) >= 11 is 0. The van der Waals surface area contributed by atoms with Gasteiger partial charge >= 0.3 is 57.4 Å². The Balaban J connectivity index is 0. The van der Waals surface area contributed by atoms with Crippen molar-refractivity contribution in [3.63, 3.8) is 0 Å². The van der Waals surface area contributed by atoms with Crippen LogP contribution in [-0.2, 0) is 14.3 Å². The summed E-state index contributed by atoms with van der Waals surface area (Å²) in [4.78, 5) is 18.7. The molecule has 0 amide bonds. The van der Waals surface area contributed by atoms with E-state index in [0.717, 1.165) is 26.3 Å². The fourth-order valence-corrected chi connectivity index (χ4v) is 0.639. The summed E-state index contributed by atoms with van der Waals surface area (Å²) in [6.45, 7) is 3.83. The number of rotatable bonds is 2. The van der Waals surface area contributed by atoms with E-state index in [4.69, 9.17) is 9.84 Å². The second-order valence-corrected chi connectivity index (χ2v) is 2.30. The maximum absolute atomic E-state index is 9.39. The van der Waals surface area contributed by atoms with Gasteiger partial charge in [0.15, 0.2) is 0 Å².